The van der Waals surface area contributed by atoms with E-state index in [2.05, 4.69) is 106 Å². The minimum atomic E-state index is -4.27. The predicted octanol–water partition coefficient (Wildman–Crippen LogP) is 4.70. The van der Waals surface area contributed by atoms with Gasteiger partial charge in [-0.3, -0.25) is 28.4 Å². The molecule has 1 saturated heterocycles. The van der Waals surface area contributed by atoms with E-state index < -0.39 is 89.6 Å². The molecule has 0 bridgehead atoms. The molecule has 34 nitrogen and oxygen atoms in total. The maximum absolute atomic E-state index is 12.7. The van der Waals surface area contributed by atoms with Crippen LogP contribution in [0.15, 0.2) is 89.9 Å². The summed E-state index contributed by atoms with van der Waals surface area (Å²) in [6, 6.07) is 27.7. The second-order valence-corrected chi connectivity index (χ2v) is 27.8. The summed E-state index contributed by atoms with van der Waals surface area (Å²) in [7, 11) is -26.0. The predicted molar refractivity (Wildman–Crippen MR) is 365 cm³/mol. The third kappa shape index (κ3) is 30.6. The minimum Gasteiger partial charge on any atom is -0.748 e. The average Bonchev–Trinajstić information content (AvgIpc) is 1.57. The third-order valence-electron chi connectivity index (χ3n) is 14.6. The monoisotopic (exact) mass is 1580 g/mol. The Balaban J connectivity index is 0.000000726. The van der Waals surface area contributed by atoms with Crippen LogP contribution in [0.1, 0.15) is 161 Å². The van der Waals surface area contributed by atoms with Crippen molar-refractivity contribution in [3.05, 3.63) is 119 Å². The largest absolute Gasteiger partial charge is 0.748 e. The molecular weight excluding hydrogens is 1510 g/mol. The fraction of sp³-hybridized carbons (Fsp3) is 0.400. The lowest BCUT2D eigenvalue weighted by Crippen LogP contribution is -2.27. The molecule has 0 spiro atoms. The van der Waals surface area contributed by atoms with Crippen LogP contribution in [0.2, 0.25) is 0 Å². The van der Waals surface area contributed by atoms with E-state index in [9.17, 15) is 40.6 Å². The molecule has 102 heavy (non-hydrogen) atoms. The molecule has 42 heteroatoms. The number of benzene rings is 4. The van der Waals surface area contributed by atoms with Gasteiger partial charge in [-0.15, -0.1) is 75.8 Å². The molecule has 6 aromatic rings. The first kappa shape index (κ1) is 90.9. The maximum Gasteiger partial charge on any atom is 0.425 e. The molecule has 0 aliphatic carbocycles. The Morgan fingerprint density at radius 2 is 0.922 bits per heavy atom. The Labute approximate surface area is 595 Å². The number of aromatic nitrogens is 2. The first-order chi connectivity index (χ1) is 47.2. The standard InChI is InChI=1S/C30H35N3O5S.C27H29N3O2.C3H6O3S.6O3S/c1-6-9-27(34)24-17-22(18-25(32-24)29(35)31-7-2)20-10-12-23-21(16-20)11-13-26-28(23)30(4,5)19(3)33(26)14-8-15-39(36,37)38;1-6-8-24(31)22-14-19(15-23(30-22)26(32)28-7-2)17-9-11-20-18(13-17)10-12-21-25(20)27(4,5)16(3)29-21;4-7(5)3-1-2-6-7;6*1-4(2)3/h10-13,16-18H,6-9,14-15H2,1-5H3,(H-,31,35,36,37,38);9-15H,6-8H2,1-5H3,(H,28,32);1-3H2;;;;;;. The van der Waals surface area contributed by atoms with Crippen LogP contribution in [0.4, 0.5) is 11.4 Å². The highest BCUT2D eigenvalue weighted by Gasteiger charge is 2.44. The second kappa shape index (κ2) is 42.3. The van der Waals surface area contributed by atoms with Gasteiger partial charge in [0.2, 0.25) is 5.69 Å². The molecule has 0 unspecified atom stereocenters. The third-order valence-corrected chi connectivity index (χ3v) is 16.7. The van der Waals surface area contributed by atoms with Crippen LogP contribution >= 0.6 is 0 Å². The van der Waals surface area contributed by atoms with Crippen molar-refractivity contribution in [3.63, 3.8) is 0 Å². The first-order valence-electron chi connectivity index (χ1n) is 29.6. The van der Waals surface area contributed by atoms with Crippen LogP contribution in [0.5, 0.6) is 0 Å². The van der Waals surface area contributed by atoms with Gasteiger partial charge < -0.3 is 15.2 Å². The zero-order chi connectivity index (χ0) is 78.4. The van der Waals surface area contributed by atoms with Crippen LogP contribution < -0.4 is 10.6 Å². The Bertz CT molecular complexity index is 4850. The highest BCUT2D eigenvalue weighted by molar-refractivity contribution is 7.87. The lowest BCUT2D eigenvalue weighted by atomic mass is 9.79. The van der Waals surface area contributed by atoms with Crippen molar-refractivity contribution in [2.45, 2.75) is 119 Å². The molecule has 556 valence electrons. The number of aliphatic imine (C=N–C) groups is 1. The molecule has 0 radical (unpaired) electrons. The number of carbonyl (C=O) groups excluding carboxylic acids is 4. The van der Waals surface area contributed by atoms with Crippen molar-refractivity contribution in [3.8, 4) is 22.3 Å². The van der Waals surface area contributed by atoms with Gasteiger partial charge in [0.1, 0.15) is 29.3 Å². The van der Waals surface area contributed by atoms with Crippen molar-refractivity contribution < 1.29 is 125 Å². The van der Waals surface area contributed by atoms with Crippen LogP contribution in [0, 0.1) is 0 Å². The number of amides is 2. The van der Waals surface area contributed by atoms with Gasteiger partial charge in [0, 0.05) is 67.8 Å². The molecular formula is C60H70N6O28S8. The van der Waals surface area contributed by atoms with E-state index in [4.69, 9.17) is 80.8 Å². The van der Waals surface area contributed by atoms with Crippen LogP contribution in [0.25, 0.3) is 43.8 Å². The van der Waals surface area contributed by atoms with Gasteiger partial charge in [0.25, 0.3) is 21.9 Å². The Morgan fingerprint density at radius 3 is 1.26 bits per heavy atom. The number of ketones is 2. The summed E-state index contributed by atoms with van der Waals surface area (Å²) in [4.78, 5) is 63.9. The summed E-state index contributed by atoms with van der Waals surface area (Å²) in [6.45, 7) is 22.2. The lowest BCUT2D eigenvalue weighted by molar-refractivity contribution is -0.438. The lowest BCUT2D eigenvalue weighted by Gasteiger charge is -2.22. The van der Waals surface area contributed by atoms with Crippen molar-refractivity contribution in [1.29, 1.82) is 0 Å². The van der Waals surface area contributed by atoms with Gasteiger partial charge in [0.15, 0.2) is 17.3 Å². The summed E-state index contributed by atoms with van der Waals surface area (Å²) in [5.41, 5.74) is 10.7. The highest BCUT2D eigenvalue weighted by atomic mass is 32.2. The van der Waals surface area contributed by atoms with E-state index in [0.29, 0.717) is 57.6 Å². The number of rotatable bonds is 16. The van der Waals surface area contributed by atoms with Crippen LogP contribution in [0.3, 0.4) is 0 Å². The molecule has 1 fully saturated rings. The van der Waals surface area contributed by atoms with E-state index in [1.54, 1.807) is 24.3 Å². The van der Waals surface area contributed by atoms with Gasteiger partial charge in [-0.2, -0.15) is 13.0 Å². The summed E-state index contributed by atoms with van der Waals surface area (Å²) in [6.07, 6.45) is 3.10. The smallest absolute Gasteiger partial charge is 0.425 e. The molecule has 2 N–H and O–H groups in total. The van der Waals surface area contributed by atoms with E-state index in [-0.39, 0.29) is 63.5 Å². The van der Waals surface area contributed by atoms with Gasteiger partial charge in [0.05, 0.1) is 33.6 Å². The van der Waals surface area contributed by atoms with Gasteiger partial charge in [-0.1, -0.05) is 58.0 Å². The SMILES string of the molecule is CCCC(=O)c1cc(-c2ccc3c4c(ccc3c2)N=C(C)C4(C)C)cc(C(=O)NCC)n1.CCCC(=O)c1cc(-c2ccc3c4c(ccc3c2)[N+](CCCS(=O)(=O)[O-])=C(C)C4(C)C)cc(C(=O)NCC)n1.O=S(=O)=O.O=S(=O)=O.O=S(=O)=O.O=S(=O)=O.O=S(=O)=O.O=S(=O)=O.O=S1(=O)CCCO1. The number of fused-ring (bicyclic) bond motifs is 6. The Hall–Kier alpha value is -9.14. The van der Waals surface area contributed by atoms with Gasteiger partial charge in [-0.25, -0.2) is 18.4 Å². The second-order valence-electron chi connectivity index (χ2n) is 22.1. The Kier molecular flexibility index (Phi) is 37.7. The quantitative estimate of drug-likeness (QED) is 0.0574. The number of carbonyl (C=O) groups is 4. The van der Waals surface area contributed by atoms with Crippen molar-refractivity contribution in [2.24, 2.45) is 4.99 Å². The Morgan fingerprint density at radius 1 is 0.539 bits per heavy atom. The van der Waals surface area contributed by atoms with E-state index >= 15 is 0 Å². The van der Waals surface area contributed by atoms with Gasteiger partial charge in [-0.05, 0) is 152 Å². The summed E-state index contributed by atoms with van der Waals surface area (Å²) < 4.78 is 212. The summed E-state index contributed by atoms with van der Waals surface area (Å²) >= 11 is 0. The molecule has 0 atom stereocenters. The minimum absolute atomic E-state index is 0.0483. The number of hydrogen-bond donors (Lipinski definition) is 2. The fourth-order valence-corrected chi connectivity index (χ4v) is 11.6. The van der Waals surface area contributed by atoms with E-state index in [1.807, 2.05) is 52.8 Å². The molecule has 3 aliphatic rings. The molecule has 0 saturated carbocycles. The molecule has 4 aromatic carbocycles. The van der Waals surface area contributed by atoms with Crippen LogP contribution in [-0.4, -0.2) is 184 Å². The fourth-order valence-electron chi connectivity index (χ4n) is 10.1. The number of hydrogen-bond acceptors (Lipinski definition) is 31. The van der Waals surface area contributed by atoms with Crippen LogP contribution in [-0.2, 0) is 98.9 Å². The van der Waals surface area contributed by atoms with Gasteiger partial charge >= 0.3 is 63.7 Å². The zero-order valence-corrected chi connectivity index (χ0v) is 62.6. The zero-order valence-electron chi connectivity index (χ0n) is 56.1. The molecule has 9 rings (SSSR count). The van der Waals surface area contributed by atoms with E-state index in [1.165, 1.54) is 10.9 Å². The summed E-state index contributed by atoms with van der Waals surface area (Å²) in [5.74, 6) is -0.924. The van der Waals surface area contributed by atoms with E-state index in [0.717, 1.165) is 73.2 Å². The first-order valence-corrected chi connectivity index (χ1v) is 38.8. The molecule has 3 aliphatic heterocycles. The maximum atomic E-state index is 12.7. The average molecular weight is 1580 g/mol. The summed E-state index contributed by atoms with van der Waals surface area (Å²) in [5, 5.41) is 9.91. The molecule has 5 heterocycles. The number of nitrogens with zero attached hydrogens (tertiary/aromatic N) is 4. The van der Waals surface area contributed by atoms with Crippen molar-refractivity contribution >= 4 is 152 Å². The number of Topliss-reactive ketones (excluding diaryl/α,β-unsaturated/α-hetero) is 2. The molecule has 2 aromatic heterocycles. The highest BCUT2D eigenvalue weighted by Crippen LogP contribution is 2.46. The van der Waals surface area contributed by atoms with Crippen molar-refractivity contribution in [1.82, 2.24) is 20.6 Å². The molecule has 2 amide bonds. The van der Waals surface area contributed by atoms with Crippen molar-refractivity contribution in [2.75, 3.05) is 37.7 Å². The number of nitrogens with one attached hydrogen (secondary N) is 2. The normalized spacial score (nSPS) is 13.3. The number of pyridine rings is 2. The topological polar surface area (TPSA) is 541 Å².